The van der Waals surface area contributed by atoms with E-state index in [1.165, 1.54) is 4.52 Å². The van der Waals surface area contributed by atoms with Crippen LogP contribution in [0, 0.1) is 0 Å². The Balaban J connectivity index is 1.53. The molecule has 0 bridgehead atoms. The highest BCUT2D eigenvalue weighted by Crippen LogP contribution is 2.19. The first-order chi connectivity index (χ1) is 14.6. The summed E-state index contributed by atoms with van der Waals surface area (Å²) in [7, 11) is 0. The molecule has 0 radical (unpaired) electrons. The van der Waals surface area contributed by atoms with Crippen molar-refractivity contribution in [2.75, 3.05) is 23.7 Å². The minimum Gasteiger partial charge on any atom is -0.461 e. The number of hydrogen-bond acceptors (Lipinski definition) is 9. The van der Waals surface area contributed by atoms with E-state index >= 15 is 0 Å². The first kappa shape index (κ1) is 19.3. The van der Waals surface area contributed by atoms with Gasteiger partial charge in [0, 0.05) is 18.7 Å². The zero-order valence-electron chi connectivity index (χ0n) is 16.2. The number of hydrogen-bond donors (Lipinski definition) is 3. The summed E-state index contributed by atoms with van der Waals surface area (Å²) in [6, 6.07) is 10.5. The lowest BCUT2D eigenvalue weighted by Crippen LogP contribution is -2.28. The molecule has 11 heteroatoms. The van der Waals surface area contributed by atoms with Crippen molar-refractivity contribution >= 4 is 23.6 Å². The van der Waals surface area contributed by atoms with E-state index in [0.717, 1.165) is 5.56 Å². The highest BCUT2D eigenvalue weighted by Gasteiger charge is 2.16. The largest absolute Gasteiger partial charge is 0.461 e. The second-order valence-corrected chi connectivity index (χ2v) is 6.47. The maximum Gasteiger partial charge on any atom is 0.274 e. The summed E-state index contributed by atoms with van der Waals surface area (Å²) in [4.78, 5) is 26.7. The Morgan fingerprint density at radius 1 is 1.23 bits per heavy atom. The zero-order chi connectivity index (χ0) is 21.1. The van der Waals surface area contributed by atoms with Crippen LogP contribution in [0.1, 0.15) is 22.8 Å². The van der Waals surface area contributed by atoms with Gasteiger partial charge < -0.3 is 15.1 Å². The summed E-state index contributed by atoms with van der Waals surface area (Å²) in [6.45, 7) is 3.30. The number of anilines is 2. The Morgan fingerprint density at radius 2 is 2.03 bits per heavy atom. The number of carbonyl (C=O) groups is 1. The van der Waals surface area contributed by atoms with Crippen molar-refractivity contribution in [1.29, 1.82) is 0 Å². The number of nitrogen functional groups attached to an aromatic ring is 1. The number of fused-ring (bicyclic) bond motifs is 1. The maximum absolute atomic E-state index is 11.4. The molecule has 1 aromatic carbocycles. The van der Waals surface area contributed by atoms with Gasteiger partial charge in [-0.3, -0.25) is 10.0 Å². The Labute approximate surface area is 171 Å². The number of benzene rings is 1. The SMILES string of the molecule is CCN(CCc1ccc(C(=O)NO)cc1)c1nc(N)n2nc(-c3ccco3)nc2n1. The van der Waals surface area contributed by atoms with Crippen LogP contribution in [-0.4, -0.2) is 48.8 Å². The number of nitrogens with zero attached hydrogens (tertiary/aromatic N) is 6. The van der Waals surface area contributed by atoms with E-state index in [1.54, 1.807) is 36.0 Å². The van der Waals surface area contributed by atoms with E-state index in [9.17, 15) is 4.79 Å². The minimum atomic E-state index is -0.545. The van der Waals surface area contributed by atoms with Crippen LogP contribution in [0.15, 0.2) is 47.1 Å². The van der Waals surface area contributed by atoms with Gasteiger partial charge in [0.15, 0.2) is 5.76 Å². The molecule has 0 saturated heterocycles. The summed E-state index contributed by atoms with van der Waals surface area (Å²) in [5.41, 5.74) is 9.10. The Hall–Kier alpha value is -3.99. The van der Waals surface area contributed by atoms with Crippen LogP contribution in [0.3, 0.4) is 0 Å². The van der Waals surface area contributed by atoms with Crippen LogP contribution in [0.25, 0.3) is 17.4 Å². The van der Waals surface area contributed by atoms with E-state index in [0.29, 0.717) is 48.4 Å². The van der Waals surface area contributed by atoms with Gasteiger partial charge in [0.1, 0.15) is 0 Å². The van der Waals surface area contributed by atoms with Crippen LogP contribution < -0.4 is 16.1 Å². The lowest BCUT2D eigenvalue weighted by Gasteiger charge is -2.20. The van der Waals surface area contributed by atoms with Crippen LogP contribution in [0.2, 0.25) is 0 Å². The molecule has 0 spiro atoms. The lowest BCUT2D eigenvalue weighted by molar-refractivity contribution is 0.0706. The van der Waals surface area contributed by atoms with Gasteiger partial charge in [-0.2, -0.15) is 19.5 Å². The van der Waals surface area contributed by atoms with E-state index in [1.807, 2.05) is 24.0 Å². The molecule has 4 N–H and O–H groups in total. The fourth-order valence-electron chi connectivity index (χ4n) is 3.00. The molecule has 0 fully saturated rings. The molecule has 4 rings (SSSR count). The Morgan fingerprint density at radius 3 is 2.70 bits per heavy atom. The summed E-state index contributed by atoms with van der Waals surface area (Å²) in [6.07, 6.45) is 2.25. The fraction of sp³-hybridized carbons (Fsp3) is 0.211. The highest BCUT2D eigenvalue weighted by molar-refractivity contribution is 5.93. The molecule has 0 aliphatic rings. The smallest absolute Gasteiger partial charge is 0.274 e. The summed E-state index contributed by atoms with van der Waals surface area (Å²) < 4.78 is 6.70. The number of amides is 1. The lowest BCUT2D eigenvalue weighted by atomic mass is 10.1. The number of nitrogens with two attached hydrogens (primary N) is 1. The quantitative estimate of drug-likeness (QED) is 0.306. The third kappa shape index (κ3) is 3.78. The van der Waals surface area contributed by atoms with Crippen molar-refractivity contribution in [3.05, 3.63) is 53.8 Å². The number of carbonyl (C=O) groups excluding carboxylic acids is 1. The van der Waals surface area contributed by atoms with E-state index in [-0.39, 0.29) is 5.95 Å². The molecule has 3 aromatic heterocycles. The van der Waals surface area contributed by atoms with Crippen LogP contribution in [-0.2, 0) is 6.42 Å². The first-order valence-electron chi connectivity index (χ1n) is 9.31. The van der Waals surface area contributed by atoms with Crippen molar-refractivity contribution in [3.8, 4) is 11.6 Å². The number of aromatic nitrogens is 5. The molecular weight excluding hydrogens is 388 g/mol. The minimum absolute atomic E-state index is 0.179. The van der Waals surface area contributed by atoms with Gasteiger partial charge in [0.05, 0.1) is 6.26 Å². The van der Waals surface area contributed by atoms with E-state index < -0.39 is 5.91 Å². The number of hydroxylamine groups is 1. The molecule has 154 valence electrons. The molecule has 0 aliphatic heterocycles. The van der Waals surface area contributed by atoms with Crippen LogP contribution >= 0.6 is 0 Å². The van der Waals surface area contributed by atoms with Gasteiger partial charge in [0.2, 0.25) is 17.7 Å². The van der Waals surface area contributed by atoms with Crippen molar-refractivity contribution in [3.63, 3.8) is 0 Å². The number of furan rings is 1. The molecule has 3 heterocycles. The summed E-state index contributed by atoms with van der Waals surface area (Å²) in [5.74, 6) is 1.33. The molecule has 4 aromatic rings. The Kier molecular flexibility index (Phi) is 5.26. The Bertz CT molecular complexity index is 1150. The predicted molar refractivity (Wildman–Crippen MR) is 108 cm³/mol. The third-order valence-electron chi connectivity index (χ3n) is 4.62. The molecular formula is C19H20N8O3. The topological polar surface area (TPSA) is 148 Å². The van der Waals surface area contributed by atoms with Gasteiger partial charge in [-0.1, -0.05) is 12.1 Å². The molecule has 1 amide bonds. The van der Waals surface area contributed by atoms with Crippen LogP contribution in [0.4, 0.5) is 11.9 Å². The molecule has 30 heavy (non-hydrogen) atoms. The molecule has 11 nitrogen and oxygen atoms in total. The molecule has 0 unspecified atom stereocenters. The van der Waals surface area contributed by atoms with Gasteiger partial charge in [-0.15, -0.1) is 5.10 Å². The van der Waals surface area contributed by atoms with Crippen molar-refractivity contribution < 1.29 is 14.4 Å². The maximum atomic E-state index is 11.4. The average Bonchev–Trinajstić information content (AvgIpc) is 3.44. The van der Waals surface area contributed by atoms with Crippen molar-refractivity contribution in [2.24, 2.45) is 0 Å². The standard InChI is InChI=1S/C19H20N8O3/c1-2-26(10-9-12-5-7-13(8-6-12)16(28)25-29)18-22-17(20)27-19(23-18)21-15(24-27)14-4-3-11-30-14/h3-8,11,29H,2,9-10H2,1H3,(H,25,28)(H2,20,21,22,23,24). The van der Waals surface area contributed by atoms with Gasteiger partial charge in [-0.25, -0.2) is 5.48 Å². The van der Waals surface area contributed by atoms with Gasteiger partial charge >= 0.3 is 0 Å². The fourth-order valence-corrected chi connectivity index (χ4v) is 3.00. The molecule has 0 saturated carbocycles. The average molecular weight is 408 g/mol. The zero-order valence-corrected chi connectivity index (χ0v) is 16.2. The first-order valence-corrected chi connectivity index (χ1v) is 9.31. The van der Waals surface area contributed by atoms with Gasteiger partial charge in [0.25, 0.3) is 11.7 Å². The number of likely N-dealkylation sites (N-methyl/N-ethyl adjacent to an activating group) is 1. The predicted octanol–water partition coefficient (Wildman–Crippen LogP) is 1.55. The summed E-state index contributed by atoms with van der Waals surface area (Å²) in [5, 5.41) is 13.0. The third-order valence-corrected chi connectivity index (χ3v) is 4.62. The van der Waals surface area contributed by atoms with E-state index in [2.05, 4.69) is 20.1 Å². The number of nitrogens with one attached hydrogen (secondary N) is 1. The van der Waals surface area contributed by atoms with Crippen LogP contribution in [0.5, 0.6) is 0 Å². The van der Waals surface area contributed by atoms with E-state index in [4.69, 9.17) is 15.4 Å². The summed E-state index contributed by atoms with van der Waals surface area (Å²) >= 11 is 0. The molecule has 0 atom stereocenters. The second kappa shape index (κ2) is 8.17. The normalized spacial score (nSPS) is 11.0. The monoisotopic (exact) mass is 408 g/mol. The molecule has 0 aliphatic carbocycles. The van der Waals surface area contributed by atoms with Crippen molar-refractivity contribution in [2.45, 2.75) is 13.3 Å². The second-order valence-electron chi connectivity index (χ2n) is 6.47. The van der Waals surface area contributed by atoms with Crippen molar-refractivity contribution in [1.82, 2.24) is 30.0 Å². The number of rotatable bonds is 7. The highest BCUT2D eigenvalue weighted by atomic mass is 16.5. The van der Waals surface area contributed by atoms with Gasteiger partial charge in [-0.05, 0) is 43.2 Å².